The lowest BCUT2D eigenvalue weighted by Crippen LogP contribution is -2.29. The van der Waals surface area contributed by atoms with Crippen molar-refractivity contribution in [2.24, 2.45) is 0 Å². The summed E-state index contributed by atoms with van der Waals surface area (Å²) >= 11 is 5.66. The van der Waals surface area contributed by atoms with Crippen LogP contribution in [0, 0.1) is 5.82 Å². The van der Waals surface area contributed by atoms with Gasteiger partial charge < -0.3 is 15.5 Å². The lowest BCUT2D eigenvalue weighted by Gasteiger charge is -2.11. The Morgan fingerprint density at radius 3 is 2.76 bits per heavy atom. The van der Waals surface area contributed by atoms with E-state index < -0.39 is 30.0 Å². The topological polar surface area (TPSA) is 117 Å². The maximum atomic E-state index is 13.7. The number of aromatic nitrogens is 3. The van der Waals surface area contributed by atoms with Crippen LogP contribution < -0.4 is 5.32 Å². The van der Waals surface area contributed by atoms with Crippen molar-refractivity contribution in [2.45, 2.75) is 0 Å². The summed E-state index contributed by atoms with van der Waals surface area (Å²) in [7, 11) is 0. The van der Waals surface area contributed by atoms with Gasteiger partial charge in [-0.15, -0.1) is 0 Å². The monoisotopic (exact) mass is 364 g/mol. The van der Waals surface area contributed by atoms with E-state index in [9.17, 15) is 19.1 Å². The van der Waals surface area contributed by atoms with E-state index in [0.29, 0.717) is 5.56 Å². The first-order valence-electron chi connectivity index (χ1n) is 6.89. The molecule has 0 aliphatic rings. The molecule has 0 saturated heterocycles. The van der Waals surface area contributed by atoms with Crippen LogP contribution in [0.25, 0.3) is 16.9 Å². The van der Waals surface area contributed by atoms with Crippen molar-refractivity contribution in [1.29, 1.82) is 0 Å². The number of nitrogens with one attached hydrogen (secondary N) is 1. The Morgan fingerprint density at radius 2 is 2.08 bits per heavy atom. The van der Waals surface area contributed by atoms with E-state index in [2.05, 4.69) is 15.4 Å². The van der Waals surface area contributed by atoms with Crippen molar-refractivity contribution >= 4 is 29.1 Å². The van der Waals surface area contributed by atoms with Gasteiger partial charge in [-0.2, -0.15) is 5.10 Å². The average Bonchev–Trinajstić information content (AvgIpc) is 3.03. The first-order chi connectivity index (χ1) is 11.9. The standard InChI is InChI=1S/C15H10ClFN4O4/c16-8-2-1-7(3-9(8)17)10-4-11(22)13(14-19-6-20-21(10)14)15(25)18-5-12(23)24/h1-4,6,22H,5H2,(H,18,25)(H,23,24). The minimum absolute atomic E-state index is 0.00625. The fraction of sp³-hybridized carbons (Fsp3) is 0.0667. The molecule has 0 saturated carbocycles. The summed E-state index contributed by atoms with van der Waals surface area (Å²) in [5, 5.41) is 24.9. The van der Waals surface area contributed by atoms with Gasteiger partial charge in [0.1, 0.15) is 30.0 Å². The molecule has 3 N–H and O–H groups in total. The summed E-state index contributed by atoms with van der Waals surface area (Å²) in [6.07, 6.45) is 1.15. The lowest BCUT2D eigenvalue weighted by atomic mass is 10.1. The van der Waals surface area contributed by atoms with Crippen molar-refractivity contribution in [3.05, 3.63) is 47.0 Å². The van der Waals surface area contributed by atoms with Gasteiger partial charge in [0.15, 0.2) is 5.65 Å². The Kier molecular flexibility index (Phi) is 4.24. The van der Waals surface area contributed by atoms with Crippen LogP contribution >= 0.6 is 11.6 Å². The van der Waals surface area contributed by atoms with Crippen molar-refractivity contribution in [1.82, 2.24) is 19.9 Å². The molecule has 1 aromatic carbocycles. The van der Waals surface area contributed by atoms with Gasteiger partial charge in [0.25, 0.3) is 5.91 Å². The Morgan fingerprint density at radius 1 is 1.32 bits per heavy atom. The number of carbonyl (C=O) groups excluding carboxylic acids is 1. The van der Waals surface area contributed by atoms with Crippen LogP contribution in [0.3, 0.4) is 0 Å². The molecule has 0 fully saturated rings. The Bertz CT molecular complexity index is 1000. The molecule has 8 nitrogen and oxygen atoms in total. The number of carbonyl (C=O) groups is 2. The molecule has 10 heteroatoms. The highest BCUT2D eigenvalue weighted by atomic mass is 35.5. The number of halogens is 2. The molecule has 2 heterocycles. The summed E-state index contributed by atoms with van der Waals surface area (Å²) in [5.41, 5.74) is 0.380. The van der Waals surface area contributed by atoms with Crippen molar-refractivity contribution in [2.75, 3.05) is 6.54 Å². The van der Waals surface area contributed by atoms with E-state index >= 15 is 0 Å². The number of hydrogen-bond acceptors (Lipinski definition) is 5. The van der Waals surface area contributed by atoms with Gasteiger partial charge in [-0.25, -0.2) is 13.9 Å². The van der Waals surface area contributed by atoms with Crippen LogP contribution in [0.4, 0.5) is 4.39 Å². The minimum Gasteiger partial charge on any atom is -0.507 e. The molecule has 0 radical (unpaired) electrons. The van der Waals surface area contributed by atoms with E-state index in [1.54, 1.807) is 0 Å². The maximum absolute atomic E-state index is 13.7. The summed E-state index contributed by atoms with van der Waals surface area (Å²) in [6, 6.07) is 5.23. The third-order valence-electron chi connectivity index (χ3n) is 3.37. The average molecular weight is 365 g/mol. The second kappa shape index (κ2) is 6.36. The van der Waals surface area contributed by atoms with Crippen molar-refractivity contribution in [3.63, 3.8) is 0 Å². The van der Waals surface area contributed by atoms with Crippen LogP contribution in [0.1, 0.15) is 10.4 Å². The van der Waals surface area contributed by atoms with Crippen molar-refractivity contribution < 1.29 is 24.2 Å². The third kappa shape index (κ3) is 3.09. The van der Waals surface area contributed by atoms with Crippen LogP contribution in [-0.4, -0.2) is 43.2 Å². The molecule has 3 aromatic rings. The van der Waals surface area contributed by atoms with Gasteiger partial charge in [0.05, 0.1) is 10.7 Å². The first-order valence-corrected chi connectivity index (χ1v) is 7.27. The number of aliphatic carboxylic acids is 1. The molecule has 0 spiro atoms. The highest BCUT2D eigenvalue weighted by molar-refractivity contribution is 6.30. The van der Waals surface area contributed by atoms with E-state index in [1.807, 2.05) is 0 Å². The number of rotatable bonds is 4. The summed E-state index contributed by atoms with van der Waals surface area (Å²) in [5.74, 6) is -3.17. The van der Waals surface area contributed by atoms with Crippen LogP contribution in [0.5, 0.6) is 5.75 Å². The third-order valence-corrected chi connectivity index (χ3v) is 3.68. The molecule has 25 heavy (non-hydrogen) atoms. The number of amides is 1. The fourth-order valence-corrected chi connectivity index (χ4v) is 2.41. The summed E-state index contributed by atoms with van der Waals surface area (Å²) in [4.78, 5) is 26.6. The first kappa shape index (κ1) is 16.7. The van der Waals surface area contributed by atoms with E-state index in [0.717, 1.165) is 12.4 Å². The van der Waals surface area contributed by atoms with E-state index in [1.165, 1.54) is 22.7 Å². The van der Waals surface area contributed by atoms with Gasteiger partial charge >= 0.3 is 5.97 Å². The molecule has 2 aromatic heterocycles. The number of fused-ring (bicyclic) bond motifs is 1. The number of carboxylic acids is 1. The normalized spacial score (nSPS) is 10.8. The lowest BCUT2D eigenvalue weighted by molar-refractivity contribution is -0.135. The molecule has 1 amide bonds. The van der Waals surface area contributed by atoms with E-state index in [4.69, 9.17) is 16.7 Å². The zero-order chi connectivity index (χ0) is 18.1. The SMILES string of the molecule is O=C(O)CNC(=O)c1c(O)cc(-c2ccc(Cl)c(F)c2)n2ncnc12. The second-order valence-electron chi connectivity index (χ2n) is 4.99. The molecular weight excluding hydrogens is 355 g/mol. The predicted octanol–water partition coefficient (Wildman–Crippen LogP) is 1.71. The summed E-state index contributed by atoms with van der Waals surface area (Å²) < 4.78 is 14.9. The largest absolute Gasteiger partial charge is 0.507 e. The number of carboxylic acid groups (broad SMARTS) is 1. The number of benzene rings is 1. The number of aromatic hydroxyl groups is 1. The van der Waals surface area contributed by atoms with Crippen LogP contribution in [-0.2, 0) is 4.79 Å². The Balaban J connectivity index is 2.14. The zero-order valence-corrected chi connectivity index (χ0v) is 13.2. The van der Waals surface area contributed by atoms with Gasteiger partial charge in [-0.05, 0) is 12.1 Å². The molecule has 0 unspecified atom stereocenters. The highest BCUT2D eigenvalue weighted by Gasteiger charge is 2.21. The molecule has 0 atom stereocenters. The molecule has 128 valence electrons. The molecule has 0 bridgehead atoms. The van der Waals surface area contributed by atoms with Crippen molar-refractivity contribution in [3.8, 4) is 17.0 Å². The molecular formula is C15H10ClFN4O4. The number of nitrogens with zero attached hydrogens (tertiary/aromatic N) is 3. The van der Waals surface area contributed by atoms with Gasteiger partial charge in [-0.3, -0.25) is 9.59 Å². The van der Waals surface area contributed by atoms with Gasteiger partial charge in [0.2, 0.25) is 0 Å². The highest BCUT2D eigenvalue weighted by Crippen LogP contribution is 2.30. The van der Waals surface area contributed by atoms with Crippen LogP contribution in [0.2, 0.25) is 5.02 Å². The van der Waals surface area contributed by atoms with Crippen LogP contribution in [0.15, 0.2) is 30.6 Å². The van der Waals surface area contributed by atoms with E-state index in [-0.39, 0.29) is 21.9 Å². The number of hydrogen-bond donors (Lipinski definition) is 3. The minimum atomic E-state index is -1.24. The zero-order valence-electron chi connectivity index (χ0n) is 12.4. The molecule has 0 aliphatic carbocycles. The van der Waals surface area contributed by atoms with Gasteiger partial charge in [0, 0.05) is 11.6 Å². The predicted molar refractivity (Wildman–Crippen MR) is 85.0 cm³/mol. The summed E-state index contributed by atoms with van der Waals surface area (Å²) in [6.45, 7) is -0.622. The smallest absolute Gasteiger partial charge is 0.322 e. The second-order valence-corrected chi connectivity index (χ2v) is 5.40. The molecule has 3 rings (SSSR count). The Labute approximate surface area is 144 Å². The Hall–Kier alpha value is -3.20. The quantitative estimate of drug-likeness (QED) is 0.648. The maximum Gasteiger partial charge on any atom is 0.322 e. The van der Waals surface area contributed by atoms with Gasteiger partial charge in [-0.1, -0.05) is 17.7 Å². The molecule has 0 aliphatic heterocycles. The fourth-order valence-electron chi connectivity index (χ4n) is 2.29. The number of pyridine rings is 1.